The van der Waals surface area contributed by atoms with Gasteiger partial charge in [-0.15, -0.1) is 0 Å². The van der Waals surface area contributed by atoms with Crippen molar-refractivity contribution in [2.45, 2.75) is 18.8 Å². The lowest BCUT2D eigenvalue weighted by atomic mass is 10.2. The molecule has 2 rings (SSSR count). The molecule has 0 saturated carbocycles. The van der Waals surface area contributed by atoms with Crippen LogP contribution in [0.4, 0.5) is 0 Å². The van der Waals surface area contributed by atoms with Gasteiger partial charge in [-0.1, -0.05) is 28.1 Å². The number of hydrogen-bond donors (Lipinski definition) is 0. The highest BCUT2D eigenvalue weighted by Gasteiger charge is 2.29. The molecule has 17 heavy (non-hydrogen) atoms. The van der Waals surface area contributed by atoms with Gasteiger partial charge in [0.25, 0.3) is 0 Å². The van der Waals surface area contributed by atoms with Gasteiger partial charge in [-0.3, -0.25) is 4.79 Å². The minimum atomic E-state index is -0.401. The van der Waals surface area contributed by atoms with Gasteiger partial charge in [0.05, 0.1) is 26.2 Å². The van der Waals surface area contributed by atoms with Crippen molar-refractivity contribution in [2.24, 2.45) is 0 Å². The Morgan fingerprint density at radius 1 is 1.59 bits per heavy atom. The van der Waals surface area contributed by atoms with E-state index in [0.717, 1.165) is 10.0 Å². The average Bonchev–Trinajstić information content (AvgIpc) is 2.77. The Balaban J connectivity index is 1.96. The van der Waals surface area contributed by atoms with Crippen molar-refractivity contribution in [3.63, 3.8) is 0 Å². The molecule has 0 spiro atoms. The molecule has 0 aliphatic carbocycles. The van der Waals surface area contributed by atoms with Crippen LogP contribution >= 0.6 is 15.9 Å². The third-order valence-corrected chi connectivity index (χ3v) is 2.99. The molecule has 1 fully saturated rings. The number of hydrogen-bond acceptors (Lipinski definition) is 4. The van der Waals surface area contributed by atoms with Crippen LogP contribution in [-0.4, -0.2) is 25.8 Å². The lowest BCUT2D eigenvalue weighted by Gasteiger charge is -2.11. The molecular formula is C12H13BrO4. The number of ether oxygens (including phenoxy) is 3. The third-order valence-electron chi connectivity index (χ3n) is 2.49. The van der Waals surface area contributed by atoms with E-state index < -0.39 is 6.29 Å². The fraction of sp³-hybridized carbons (Fsp3) is 0.417. The van der Waals surface area contributed by atoms with Crippen LogP contribution in [0.5, 0.6) is 0 Å². The topological polar surface area (TPSA) is 44.8 Å². The van der Waals surface area contributed by atoms with E-state index in [1.807, 2.05) is 24.3 Å². The van der Waals surface area contributed by atoms with Crippen molar-refractivity contribution >= 4 is 21.9 Å². The largest absolute Gasteiger partial charge is 0.469 e. The number of carbonyl (C=O) groups excluding carboxylic acids is 1. The summed E-state index contributed by atoms with van der Waals surface area (Å²) in [7, 11) is 1.37. The molecule has 1 heterocycles. The highest BCUT2D eigenvalue weighted by molar-refractivity contribution is 9.10. The van der Waals surface area contributed by atoms with Gasteiger partial charge in [-0.2, -0.15) is 0 Å². The van der Waals surface area contributed by atoms with Gasteiger partial charge in [-0.25, -0.2) is 0 Å². The Hall–Kier alpha value is -0.910. The molecule has 4 nitrogen and oxygen atoms in total. The number of rotatable bonds is 3. The van der Waals surface area contributed by atoms with Crippen LogP contribution in [0.2, 0.25) is 0 Å². The minimum Gasteiger partial charge on any atom is -0.469 e. The Bertz CT molecular complexity index is 407. The molecule has 1 aliphatic heterocycles. The third kappa shape index (κ3) is 3.28. The van der Waals surface area contributed by atoms with Crippen molar-refractivity contribution < 1.29 is 19.0 Å². The smallest absolute Gasteiger partial charge is 0.308 e. The van der Waals surface area contributed by atoms with E-state index in [1.165, 1.54) is 7.11 Å². The molecule has 2 atom stereocenters. The number of halogens is 1. The van der Waals surface area contributed by atoms with Crippen LogP contribution in [0.15, 0.2) is 28.7 Å². The second-order valence-corrected chi connectivity index (χ2v) is 4.67. The standard InChI is InChI=1S/C12H13BrO4/c1-15-11(14)6-10-7-16-12(17-10)8-3-2-4-9(13)5-8/h2-5,10,12H,6-7H2,1H3. The molecule has 5 heteroatoms. The zero-order chi connectivity index (χ0) is 12.3. The van der Waals surface area contributed by atoms with Crippen molar-refractivity contribution in [1.82, 2.24) is 0 Å². The van der Waals surface area contributed by atoms with Crippen molar-refractivity contribution in [3.05, 3.63) is 34.3 Å². The first kappa shape index (κ1) is 12.5. The SMILES string of the molecule is COC(=O)CC1COC(c2cccc(Br)c2)O1. The summed E-state index contributed by atoms with van der Waals surface area (Å²) in [6.07, 6.45) is -0.408. The van der Waals surface area contributed by atoms with E-state index in [-0.39, 0.29) is 18.5 Å². The highest BCUT2D eigenvalue weighted by Crippen LogP contribution is 2.29. The molecule has 1 saturated heterocycles. The predicted molar refractivity (Wildman–Crippen MR) is 64.3 cm³/mol. The van der Waals surface area contributed by atoms with Crippen LogP contribution in [0.1, 0.15) is 18.3 Å². The molecule has 1 aromatic rings. The van der Waals surface area contributed by atoms with Crippen LogP contribution in [0.3, 0.4) is 0 Å². The average molecular weight is 301 g/mol. The molecule has 0 N–H and O–H groups in total. The quantitative estimate of drug-likeness (QED) is 0.804. The van der Waals surface area contributed by atoms with E-state index in [9.17, 15) is 4.79 Å². The molecule has 0 radical (unpaired) electrons. The number of carbonyl (C=O) groups is 1. The molecule has 0 bridgehead atoms. The van der Waals surface area contributed by atoms with Gasteiger partial charge in [-0.05, 0) is 12.1 Å². The summed E-state index contributed by atoms with van der Waals surface area (Å²) in [5.74, 6) is -0.284. The Kier molecular flexibility index (Phi) is 4.15. The van der Waals surface area contributed by atoms with Gasteiger partial charge in [0.1, 0.15) is 0 Å². The van der Waals surface area contributed by atoms with Crippen LogP contribution in [0, 0.1) is 0 Å². The molecule has 0 amide bonds. The summed E-state index contributed by atoms with van der Waals surface area (Å²) in [6, 6.07) is 7.71. The van der Waals surface area contributed by atoms with E-state index in [0.29, 0.717) is 6.61 Å². The summed E-state index contributed by atoms with van der Waals surface area (Å²) in [5.41, 5.74) is 0.937. The maximum Gasteiger partial charge on any atom is 0.308 e. The first-order valence-electron chi connectivity index (χ1n) is 5.28. The number of methoxy groups -OCH3 is 1. The van der Waals surface area contributed by atoms with Gasteiger partial charge in [0, 0.05) is 10.0 Å². The maximum absolute atomic E-state index is 11.1. The Morgan fingerprint density at radius 3 is 3.12 bits per heavy atom. The highest BCUT2D eigenvalue weighted by atomic mass is 79.9. The molecule has 1 aromatic carbocycles. The summed E-state index contributed by atoms with van der Waals surface area (Å²) in [6.45, 7) is 0.409. The van der Waals surface area contributed by atoms with Crippen molar-refractivity contribution in [1.29, 1.82) is 0 Å². The number of benzene rings is 1. The number of esters is 1. The fourth-order valence-electron chi connectivity index (χ4n) is 1.65. The van der Waals surface area contributed by atoms with Crippen LogP contribution in [-0.2, 0) is 19.0 Å². The van der Waals surface area contributed by atoms with Gasteiger partial charge < -0.3 is 14.2 Å². The van der Waals surface area contributed by atoms with E-state index in [4.69, 9.17) is 9.47 Å². The summed E-state index contributed by atoms with van der Waals surface area (Å²) in [4.78, 5) is 11.1. The second kappa shape index (κ2) is 5.62. The van der Waals surface area contributed by atoms with Gasteiger partial charge >= 0.3 is 5.97 Å². The minimum absolute atomic E-state index is 0.223. The fourth-order valence-corrected chi connectivity index (χ4v) is 2.07. The van der Waals surface area contributed by atoms with Gasteiger partial charge in [0.2, 0.25) is 0 Å². The maximum atomic E-state index is 11.1. The first-order valence-corrected chi connectivity index (χ1v) is 6.07. The Labute approximate surface area is 108 Å². The summed E-state index contributed by atoms with van der Waals surface area (Å²) >= 11 is 3.39. The Morgan fingerprint density at radius 2 is 2.41 bits per heavy atom. The lowest BCUT2D eigenvalue weighted by Crippen LogP contribution is -2.16. The lowest BCUT2D eigenvalue weighted by molar-refractivity contribution is -0.143. The van der Waals surface area contributed by atoms with E-state index in [2.05, 4.69) is 20.7 Å². The first-order chi connectivity index (χ1) is 8.19. The summed E-state index contributed by atoms with van der Waals surface area (Å²) in [5, 5.41) is 0. The van der Waals surface area contributed by atoms with E-state index in [1.54, 1.807) is 0 Å². The molecule has 2 unspecified atom stereocenters. The van der Waals surface area contributed by atoms with Crippen LogP contribution in [0.25, 0.3) is 0 Å². The molecule has 92 valence electrons. The van der Waals surface area contributed by atoms with Crippen molar-refractivity contribution in [3.8, 4) is 0 Å². The molecule has 0 aromatic heterocycles. The summed E-state index contributed by atoms with van der Waals surface area (Å²) < 4.78 is 16.7. The normalized spacial score (nSPS) is 23.6. The monoisotopic (exact) mass is 300 g/mol. The second-order valence-electron chi connectivity index (χ2n) is 3.76. The zero-order valence-electron chi connectivity index (χ0n) is 9.39. The predicted octanol–water partition coefficient (Wildman–Crippen LogP) is 2.43. The zero-order valence-corrected chi connectivity index (χ0v) is 11.0. The molecule has 1 aliphatic rings. The molecular weight excluding hydrogens is 288 g/mol. The van der Waals surface area contributed by atoms with Gasteiger partial charge in [0.15, 0.2) is 6.29 Å². The van der Waals surface area contributed by atoms with Crippen LogP contribution < -0.4 is 0 Å². The van der Waals surface area contributed by atoms with E-state index >= 15 is 0 Å². The van der Waals surface area contributed by atoms with Crippen molar-refractivity contribution in [2.75, 3.05) is 13.7 Å².